The molecule has 0 saturated carbocycles. The number of hydrogen-bond donors (Lipinski definition) is 2. The molecule has 0 aromatic carbocycles. The normalized spacial score (nSPS) is 12.2. The summed E-state index contributed by atoms with van der Waals surface area (Å²) >= 11 is 12.8. The van der Waals surface area contributed by atoms with E-state index in [4.69, 9.17) is 30.2 Å². The van der Waals surface area contributed by atoms with E-state index in [-0.39, 0.29) is 0 Å². The van der Waals surface area contributed by atoms with Gasteiger partial charge in [0.15, 0.2) is 0 Å². The molecule has 0 saturated heterocycles. The Kier molecular flexibility index (Phi) is 9.73. The van der Waals surface area contributed by atoms with Gasteiger partial charge in [-0.3, -0.25) is 0 Å². The fourth-order valence-electron chi connectivity index (χ4n) is 0.967. The summed E-state index contributed by atoms with van der Waals surface area (Å²) in [5.41, 5.74) is 5.33. The van der Waals surface area contributed by atoms with E-state index in [2.05, 4.69) is 18.7 Å². The average molecular weight is 299 g/mol. The van der Waals surface area contributed by atoms with Crippen LogP contribution in [0.5, 0.6) is 0 Å². The number of nitrogens with two attached hydrogens (primary N) is 1. The maximum absolute atomic E-state index is 9.64. The molecule has 0 heterocycles. The molecule has 0 radical (unpaired) electrons. The van der Waals surface area contributed by atoms with E-state index in [0.717, 1.165) is 17.4 Å². The fourth-order valence-corrected chi connectivity index (χ4v) is 3.15. The van der Waals surface area contributed by atoms with Crippen molar-refractivity contribution in [1.82, 2.24) is 4.90 Å². The number of thiocarbonyl (C=S) groups is 2. The molecule has 1 atom stereocenters. The Morgan fingerprint density at radius 3 is 2.19 bits per heavy atom. The lowest BCUT2D eigenvalue weighted by molar-refractivity contribution is 0.225. The molecule has 0 aromatic heterocycles. The standard InChI is InChI=1S/C9H18N2OS4/c1-3-11(4-2)9(14)16-6-7(12)5-15-8(10)13/h7,12H,3-6H2,1-2H3,(H2,10,13). The Hall–Kier alpha value is 0.440. The molecule has 0 aliphatic carbocycles. The predicted molar refractivity (Wildman–Crippen MR) is 83.2 cm³/mol. The molecule has 0 aliphatic rings. The predicted octanol–water partition coefficient (Wildman–Crippen LogP) is 1.68. The average Bonchev–Trinajstić information content (AvgIpc) is 2.25. The van der Waals surface area contributed by atoms with E-state index in [1.807, 2.05) is 0 Å². The van der Waals surface area contributed by atoms with Crippen molar-refractivity contribution >= 4 is 56.6 Å². The van der Waals surface area contributed by atoms with Gasteiger partial charge in [-0.25, -0.2) is 0 Å². The summed E-state index contributed by atoms with van der Waals surface area (Å²) in [7, 11) is 0. The van der Waals surface area contributed by atoms with Gasteiger partial charge < -0.3 is 15.7 Å². The van der Waals surface area contributed by atoms with E-state index in [1.165, 1.54) is 23.5 Å². The van der Waals surface area contributed by atoms with E-state index >= 15 is 0 Å². The number of aliphatic hydroxyl groups excluding tert-OH is 1. The van der Waals surface area contributed by atoms with E-state index in [1.54, 1.807) is 0 Å². The number of nitrogens with zero attached hydrogens (tertiary/aromatic N) is 1. The van der Waals surface area contributed by atoms with Crippen LogP contribution in [0.2, 0.25) is 0 Å². The summed E-state index contributed by atoms with van der Waals surface area (Å²) in [5, 5.41) is 9.64. The summed E-state index contributed by atoms with van der Waals surface area (Å²) in [6, 6.07) is 0. The van der Waals surface area contributed by atoms with Crippen LogP contribution in [-0.4, -0.2) is 49.3 Å². The van der Waals surface area contributed by atoms with Gasteiger partial charge in [-0.15, -0.1) is 0 Å². The van der Waals surface area contributed by atoms with Crippen molar-refractivity contribution in [3.63, 3.8) is 0 Å². The summed E-state index contributed by atoms with van der Waals surface area (Å²) in [5.74, 6) is 1.12. The van der Waals surface area contributed by atoms with Gasteiger partial charge >= 0.3 is 0 Å². The summed E-state index contributed by atoms with van der Waals surface area (Å²) in [4.78, 5) is 2.09. The summed E-state index contributed by atoms with van der Waals surface area (Å²) < 4.78 is 1.21. The topological polar surface area (TPSA) is 49.5 Å². The van der Waals surface area contributed by atoms with Crippen molar-refractivity contribution in [2.75, 3.05) is 24.6 Å². The first-order valence-corrected chi connectivity index (χ1v) is 7.82. The zero-order chi connectivity index (χ0) is 12.6. The van der Waals surface area contributed by atoms with Crippen molar-refractivity contribution in [2.45, 2.75) is 20.0 Å². The molecule has 1 unspecified atom stereocenters. The quantitative estimate of drug-likeness (QED) is 0.724. The van der Waals surface area contributed by atoms with Gasteiger partial charge in [0.2, 0.25) is 0 Å². The van der Waals surface area contributed by atoms with Crippen molar-refractivity contribution in [3.8, 4) is 0 Å². The first-order chi connectivity index (χ1) is 7.51. The van der Waals surface area contributed by atoms with E-state index in [9.17, 15) is 5.11 Å². The van der Waals surface area contributed by atoms with Crippen LogP contribution in [-0.2, 0) is 0 Å². The molecule has 94 valence electrons. The van der Waals surface area contributed by atoms with Crippen LogP contribution < -0.4 is 5.73 Å². The van der Waals surface area contributed by atoms with Crippen LogP contribution in [0.25, 0.3) is 0 Å². The fraction of sp³-hybridized carbons (Fsp3) is 0.778. The second kappa shape index (κ2) is 9.47. The van der Waals surface area contributed by atoms with Crippen LogP contribution in [0.3, 0.4) is 0 Å². The van der Waals surface area contributed by atoms with Gasteiger partial charge in [0.25, 0.3) is 0 Å². The minimum Gasteiger partial charge on any atom is -0.391 e. The number of rotatable bonds is 6. The maximum Gasteiger partial charge on any atom is 0.136 e. The molecule has 7 heteroatoms. The smallest absolute Gasteiger partial charge is 0.136 e. The SMILES string of the molecule is CCN(CC)C(=S)SCC(O)CSC(N)=S. The van der Waals surface area contributed by atoms with Crippen LogP contribution in [0, 0.1) is 0 Å². The van der Waals surface area contributed by atoms with Gasteiger partial charge in [0.1, 0.15) is 8.64 Å². The van der Waals surface area contributed by atoms with Gasteiger partial charge in [-0.1, -0.05) is 48.0 Å². The molecule has 0 rings (SSSR count). The summed E-state index contributed by atoms with van der Waals surface area (Å²) in [6.07, 6.45) is -0.426. The highest BCUT2D eigenvalue weighted by molar-refractivity contribution is 8.23. The van der Waals surface area contributed by atoms with Gasteiger partial charge in [0.05, 0.1) is 6.10 Å². The molecule has 3 N–H and O–H groups in total. The molecular weight excluding hydrogens is 280 g/mol. The second-order valence-corrected chi connectivity index (χ2v) is 6.45. The minimum absolute atomic E-state index is 0.371. The lowest BCUT2D eigenvalue weighted by Gasteiger charge is -2.21. The highest BCUT2D eigenvalue weighted by atomic mass is 32.2. The highest BCUT2D eigenvalue weighted by Crippen LogP contribution is 2.13. The molecule has 3 nitrogen and oxygen atoms in total. The van der Waals surface area contributed by atoms with Crippen LogP contribution in [0.1, 0.15) is 13.8 Å². The zero-order valence-corrected chi connectivity index (χ0v) is 12.8. The van der Waals surface area contributed by atoms with Crippen molar-refractivity contribution in [1.29, 1.82) is 0 Å². The highest BCUT2D eigenvalue weighted by Gasteiger charge is 2.10. The van der Waals surface area contributed by atoms with Crippen molar-refractivity contribution in [3.05, 3.63) is 0 Å². The molecule has 0 aliphatic heterocycles. The largest absolute Gasteiger partial charge is 0.391 e. The Bertz CT molecular complexity index is 234. The number of thioether (sulfide) groups is 2. The minimum atomic E-state index is -0.426. The third kappa shape index (κ3) is 7.67. The molecule has 0 amide bonds. The molecule has 0 fully saturated rings. The van der Waals surface area contributed by atoms with Gasteiger partial charge in [-0.2, -0.15) is 0 Å². The molecule has 0 spiro atoms. The van der Waals surface area contributed by atoms with Crippen LogP contribution in [0.4, 0.5) is 0 Å². The number of hydrogen-bond acceptors (Lipinski definition) is 5. The second-order valence-electron chi connectivity index (χ2n) is 3.03. The Morgan fingerprint density at radius 2 is 1.75 bits per heavy atom. The Labute approximate surface area is 117 Å². The first-order valence-electron chi connectivity index (χ1n) is 5.03. The van der Waals surface area contributed by atoms with E-state index < -0.39 is 6.10 Å². The third-order valence-electron chi connectivity index (χ3n) is 1.84. The van der Waals surface area contributed by atoms with Crippen LogP contribution >= 0.6 is 48.0 Å². The Balaban J connectivity index is 3.77. The first kappa shape index (κ1) is 16.4. The van der Waals surface area contributed by atoms with E-state index in [0.29, 0.717) is 15.8 Å². The van der Waals surface area contributed by atoms with Gasteiger partial charge in [0, 0.05) is 24.6 Å². The maximum atomic E-state index is 9.64. The Morgan fingerprint density at radius 1 is 1.25 bits per heavy atom. The lowest BCUT2D eigenvalue weighted by Crippen LogP contribution is -2.28. The van der Waals surface area contributed by atoms with Crippen molar-refractivity contribution in [2.24, 2.45) is 5.73 Å². The monoisotopic (exact) mass is 298 g/mol. The van der Waals surface area contributed by atoms with Gasteiger partial charge in [-0.05, 0) is 13.8 Å². The number of aliphatic hydroxyl groups is 1. The summed E-state index contributed by atoms with van der Waals surface area (Å²) in [6.45, 7) is 5.94. The lowest BCUT2D eigenvalue weighted by atomic mass is 10.5. The molecular formula is C9H18N2OS4. The molecule has 0 bridgehead atoms. The molecule has 0 aromatic rings. The van der Waals surface area contributed by atoms with Crippen LogP contribution in [0.15, 0.2) is 0 Å². The zero-order valence-electron chi connectivity index (χ0n) is 9.51. The molecule has 16 heavy (non-hydrogen) atoms. The third-order valence-corrected chi connectivity index (χ3v) is 4.70. The van der Waals surface area contributed by atoms with Crippen molar-refractivity contribution < 1.29 is 5.11 Å².